The summed E-state index contributed by atoms with van der Waals surface area (Å²) < 4.78 is 19.2. The Bertz CT molecular complexity index is 1090. The second kappa shape index (κ2) is 9.89. The highest BCUT2D eigenvalue weighted by molar-refractivity contribution is 6.28. The predicted molar refractivity (Wildman–Crippen MR) is 130 cm³/mol. The van der Waals surface area contributed by atoms with Gasteiger partial charge in [-0.05, 0) is 51.6 Å². The van der Waals surface area contributed by atoms with E-state index in [0.29, 0.717) is 16.9 Å². The van der Waals surface area contributed by atoms with Gasteiger partial charge in [-0.25, -0.2) is 9.48 Å². The number of nitrogens with zero attached hydrogens (tertiary/aromatic N) is 5. The van der Waals surface area contributed by atoms with Gasteiger partial charge in [0, 0.05) is 18.9 Å². The van der Waals surface area contributed by atoms with E-state index in [1.54, 1.807) is 15.8 Å². The van der Waals surface area contributed by atoms with Gasteiger partial charge in [0.25, 0.3) is 0 Å². The van der Waals surface area contributed by atoms with E-state index in [1.807, 2.05) is 34.6 Å². The maximum atomic E-state index is 13.4. The summed E-state index contributed by atoms with van der Waals surface area (Å²) in [6.07, 6.45) is 4.24. The summed E-state index contributed by atoms with van der Waals surface area (Å²) in [5.41, 5.74) is -0.272. The Kier molecular flexibility index (Phi) is 7.24. The zero-order valence-electron chi connectivity index (χ0n) is 21.2. The van der Waals surface area contributed by atoms with Crippen LogP contribution >= 0.6 is 11.6 Å². The van der Waals surface area contributed by atoms with Crippen molar-refractivity contribution in [3.63, 3.8) is 0 Å². The average molecular weight is 508 g/mol. The Morgan fingerprint density at radius 3 is 2.54 bits per heavy atom. The SMILES string of the molecule is CC[C@H]1O[C@@H](n2ncc3c(N(C(=O)OC(C)(C)C)C4CCCC4)nc(Cl)nc32)[C@H](OC(C)=O)[C@@H]1C. The lowest BCUT2D eigenvalue weighted by Gasteiger charge is -2.31. The van der Waals surface area contributed by atoms with E-state index in [0.717, 1.165) is 32.1 Å². The molecule has 0 aromatic carbocycles. The number of halogens is 1. The molecule has 1 saturated heterocycles. The van der Waals surface area contributed by atoms with Gasteiger partial charge in [0.1, 0.15) is 5.60 Å². The molecule has 4 rings (SSSR count). The van der Waals surface area contributed by atoms with Crippen LogP contribution < -0.4 is 4.90 Å². The number of hydrogen-bond donors (Lipinski definition) is 0. The van der Waals surface area contributed by atoms with E-state index in [9.17, 15) is 9.59 Å². The number of carbonyl (C=O) groups excluding carboxylic acids is 2. The van der Waals surface area contributed by atoms with Crippen molar-refractivity contribution in [2.45, 2.75) is 104 Å². The quantitative estimate of drug-likeness (QED) is 0.409. The number of esters is 1. The molecule has 0 spiro atoms. The van der Waals surface area contributed by atoms with Crippen molar-refractivity contribution < 1.29 is 23.8 Å². The summed E-state index contributed by atoms with van der Waals surface area (Å²) in [5, 5.41) is 5.06. The van der Waals surface area contributed by atoms with Crippen molar-refractivity contribution in [3.8, 4) is 0 Å². The van der Waals surface area contributed by atoms with Gasteiger partial charge < -0.3 is 14.2 Å². The summed E-state index contributed by atoms with van der Waals surface area (Å²) in [4.78, 5) is 35.7. The first-order chi connectivity index (χ1) is 16.5. The maximum absolute atomic E-state index is 13.4. The largest absolute Gasteiger partial charge is 0.457 e. The molecule has 4 atom stereocenters. The molecular formula is C24H34ClN5O5. The summed E-state index contributed by atoms with van der Waals surface area (Å²) >= 11 is 6.38. The second-order valence-electron chi connectivity index (χ2n) is 10.3. The number of carbonyl (C=O) groups is 2. The Balaban J connectivity index is 1.80. The summed E-state index contributed by atoms with van der Waals surface area (Å²) in [6.45, 7) is 10.9. The first kappa shape index (κ1) is 25.6. The van der Waals surface area contributed by atoms with Crippen LogP contribution in [0.4, 0.5) is 10.6 Å². The van der Waals surface area contributed by atoms with Crippen molar-refractivity contribution in [1.29, 1.82) is 0 Å². The minimum Gasteiger partial charge on any atom is -0.457 e. The number of anilines is 1. The zero-order valence-corrected chi connectivity index (χ0v) is 21.9. The van der Waals surface area contributed by atoms with Gasteiger partial charge in [-0.1, -0.05) is 26.7 Å². The number of hydrogen-bond acceptors (Lipinski definition) is 8. The van der Waals surface area contributed by atoms with Crippen LogP contribution in [0.1, 0.15) is 79.9 Å². The molecule has 1 aliphatic carbocycles. The van der Waals surface area contributed by atoms with Crippen molar-refractivity contribution >= 4 is 40.5 Å². The van der Waals surface area contributed by atoms with Gasteiger partial charge in [-0.2, -0.15) is 15.1 Å². The van der Waals surface area contributed by atoms with E-state index in [2.05, 4.69) is 15.1 Å². The highest BCUT2D eigenvalue weighted by Gasteiger charge is 2.46. The normalized spacial score (nSPS) is 25.2. The van der Waals surface area contributed by atoms with Gasteiger partial charge in [0.15, 0.2) is 23.8 Å². The summed E-state index contributed by atoms with van der Waals surface area (Å²) in [7, 11) is 0. The Labute approximate surface area is 210 Å². The van der Waals surface area contributed by atoms with Gasteiger partial charge in [-0.15, -0.1) is 0 Å². The van der Waals surface area contributed by atoms with E-state index in [4.69, 9.17) is 25.8 Å². The standard InChI is InChI=1S/C24H34ClN5O5/c1-7-17-13(2)18(33-14(3)31)21(34-17)30-20-16(12-26-30)19(27-22(25)28-20)29(15-10-8-9-11-15)23(32)35-24(4,5)6/h12-13,15,17-18,21H,7-11H2,1-6H3/t13-,17-,18-,21-/m1/s1. The molecule has 11 heteroatoms. The van der Waals surface area contributed by atoms with Crippen molar-refractivity contribution in [2.24, 2.45) is 5.92 Å². The molecule has 1 amide bonds. The number of aromatic nitrogens is 4. The fourth-order valence-electron chi connectivity index (χ4n) is 5.01. The minimum atomic E-state index is -0.684. The zero-order chi connectivity index (χ0) is 25.5. The van der Waals surface area contributed by atoms with Crippen LogP contribution in [0.15, 0.2) is 6.20 Å². The van der Waals surface area contributed by atoms with Crippen molar-refractivity contribution in [3.05, 3.63) is 11.5 Å². The predicted octanol–water partition coefficient (Wildman–Crippen LogP) is 5.04. The van der Waals surface area contributed by atoms with Gasteiger partial charge in [0.2, 0.25) is 5.28 Å². The highest BCUT2D eigenvalue weighted by Crippen LogP contribution is 2.40. The van der Waals surface area contributed by atoms with Gasteiger partial charge in [0.05, 0.1) is 17.7 Å². The average Bonchev–Trinajstić information content (AvgIpc) is 3.47. The van der Waals surface area contributed by atoms with E-state index in [1.165, 1.54) is 6.92 Å². The lowest BCUT2D eigenvalue weighted by atomic mass is 9.98. The molecule has 0 radical (unpaired) electrons. The molecule has 2 fully saturated rings. The Morgan fingerprint density at radius 2 is 1.94 bits per heavy atom. The molecule has 0 bridgehead atoms. The molecular weight excluding hydrogens is 474 g/mol. The molecule has 3 heterocycles. The molecule has 2 aliphatic rings. The first-order valence-corrected chi connectivity index (χ1v) is 12.6. The number of amides is 1. The Hall–Kier alpha value is -2.46. The van der Waals surface area contributed by atoms with E-state index in [-0.39, 0.29) is 23.3 Å². The number of fused-ring (bicyclic) bond motifs is 1. The molecule has 1 aliphatic heterocycles. The summed E-state index contributed by atoms with van der Waals surface area (Å²) in [6, 6.07) is -0.0663. The van der Waals surface area contributed by atoms with Crippen LogP contribution in [-0.2, 0) is 19.0 Å². The van der Waals surface area contributed by atoms with Gasteiger partial charge >= 0.3 is 12.1 Å². The van der Waals surface area contributed by atoms with Crippen molar-refractivity contribution in [2.75, 3.05) is 4.90 Å². The second-order valence-corrected chi connectivity index (χ2v) is 10.7. The smallest absolute Gasteiger partial charge is 0.416 e. The van der Waals surface area contributed by atoms with Crippen LogP contribution in [-0.4, -0.2) is 55.7 Å². The third kappa shape index (κ3) is 5.23. The molecule has 2 aromatic rings. The fraction of sp³-hybridized carbons (Fsp3) is 0.708. The molecule has 2 aromatic heterocycles. The van der Waals surface area contributed by atoms with Crippen LogP contribution in [0.25, 0.3) is 11.0 Å². The molecule has 35 heavy (non-hydrogen) atoms. The minimum absolute atomic E-state index is 0.0251. The molecule has 10 nitrogen and oxygen atoms in total. The van der Waals surface area contributed by atoms with E-state index >= 15 is 0 Å². The maximum Gasteiger partial charge on any atom is 0.416 e. The lowest BCUT2D eigenvalue weighted by Crippen LogP contribution is -2.43. The van der Waals surface area contributed by atoms with Crippen molar-refractivity contribution in [1.82, 2.24) is 19.7 Å². The van der Waals surface area contributed by atoms with Crippen LogP contribution in [0.5, 0.6) is 0 Å². The van der Waals surface area contributed by atoms with E-state index < -0.39 is 30.0 Å². The number of ether oxygens (including phenoxy) is 3. The van der Waals surface area contributed by atoms with Crippen LogP contribution in [0, 0.1) is 5.92 Å². The van der Waals surface area contributed by atoms with Crippen LogP contribution in [0.2, 0.25) is 5.28 Å². The topological polar surface area (TPSA) is 109 Å². The fourth-order valence-corrected chi connectivity index (χ4v) is 5.17. The third-order valence-corrected chi connectivity index (χ3v) is 6.73. The molecule has 1 saturated carbocycles. The third-order valence-electron chi connectivity index (χ3n) is 6.56. The number of rotatable bonds is 5. The molecule has 0 unspecified atom stereocenters. The monoisotopic (exact) mass is 507 g/mol. The first-order valence-electron chi connectivity index (χ1n) is 12.3. The highest BCUT2D eigenvalue weighted by atomic mass is 35.5. The molecule has 0 N–H and O–H groups in total. The molecule has 192 valence electrons. The van der Waals surface area contributed by atoms with Gasteiger partial charge in [-0.3, -0.25) is 9.69 Å². The summed E-state index contributed by atoms with van der Waals surface area (Å²) in [5.74, 6) is -0.0782. The Morgan fingerprint density at radius 1 is 1.26 bits per heavy atom. The van der Waals surface area contributed by atoms with Crippen LogP contribution in [0.3, 0.4) is 0 Å². The lowest BCUT2D eigenvalue weighted by molar-refractivity contribution is -0.154.